The van der Waals surface area contributed by atoms with Crippen molar-refractivity contribution in [3.05, 3.63) is 17.7 Å². The Morgan fingerprint density at radius 2 is 2.50 bits per heavy atom. The van der Waals surface area contributed by atoms with Crippen LogP contribution in [0.2, 0.25) is 0 Å². The van der Waals surface area contributed by atoms with Crippen LogP contribution < -0.4 is 5.32 Å². The molecule has 1 heterocycles. The Morgan fingerprint density at radius 1 is 1.71 bits per heavy atom. The minimum atomic E-state index is -0.0837. The van der Waals surface area contributed by atoms with Gasteiger partial charge in [0, 0.05) is 25.6 Å². The molecule has 0 spiro atoms. The molecule has 1 atom stereocenters. The summed E-state index contributed by atoms with van der Waals surface area (Å²) in [4.78, 5) is 7.48. The van der Waals surface area contributed by atoms with Crippen LogP contribution in [0, 0.1) is 11.3 Å². The molecule has 2 N–H and O–H groups in total. The molecular weight excluding hydrogens is 176 g/mol. The summed E-state index contributed by atoms with van der Waals surface area (Å²) in [6, 6.07) is 2.04. The predicted molar refractivity (Wildman–Crippen MR) is 54.7 cm³/mol. The van der Waals surface area contributed by atoms with Gasteiger partial charge in [-0.1, -0.05) is 6.92 Å². The molecule has 0 saturated carbocycles. The molecule has 0 aromatic carbocycles. The molecule has 0 fully saturated rings. The highest BCUT2D eigenvalue weighted by Gasteiger charge is 2.01. The summed E-state index contributed by atoms with van der Waals surface area (Å²) < 4.78 is 0. The number of hydrogen-bond acceptors (Lipinski definition) is 3. The minimum absolute atomic E-state index is 0.0837. The maximum Gasteiger partial charge on any atom is 0.106 e. The van der Waals surface area contributed by atoms with E-state index >= 15 is 0 Å². The van der Waals surface area contributed by atoms with Gasteiger partial charge in [0.05, 0.1) is 17.8 Å². The van der Waals surface area contributed by atoms with Gasteiger partial charge in [-0.05, 0) is 6.92 Å². The van der Waals surface area contributed by atoms with Crippen LogP contribution in [0.5, 0.6) is 0 Å². The summed E-state index contributed by atoms with van der Waals surface area (Å²) in [5.74, 6) is 1.02. The van der Waals surface area contributed by atoms with E-state index < -0.39 is 0 Å². The number of H-pyrrole nitrogens is 1. The first kappa shape index (κ1) is 10.7. The van der Waals surface area contributed by atoms with E-state index in [1.165, 1.54) is 0 Å². The van der Waals surface area contributed by atoms with Gasteiger partial charge in [0.15, 0.2) is 0 Å². The zero-order valence-electron chi connectivity index (χ0n) is 8.67. The summed E-state index contributed by atoms with van der Waals surface area (Å²) in [7, 11) is 0. The number of hydrogen-bond donors (Lipinski definition) is 2. The summed E-state index contributed by atoms with van der Waals surface area (Å²) in [6.07, 6.45) is 3.72. The molecular formula is C10H16N4. The zero-order valence-corrected chi connectivity index (χ0v) is 8.67. The number of rotatable bonds is 5. The van der Waals surface area contributed by atoms with Crippen molar-refractivity contribution >= 4 is 0 Å². The summed E-state index contributed by atoms with van der Waals surface area (Å²) in [5, 5.41) is 11.6. The number of nitrogens with one attached hydrogen (secondary N) is 2. The van der Waals surface area contributed by atoms with Crippen LogP contribution in [-0.4, -0.2) is 22.6 Å². The Balaban J connectivity index is 2.28. The average Bonchev–Trinajstić information content (AvgIpc) is 2.65. The fraction of sp³-hybridized carbons (Fsp3) is 0.600. The van der Waals surface area contributed by atoms with Crippen molar-refractivity contribution in [2.75, 3.05) is 6.54 Å². The van der Waals surface area contributed by atoms with Crippen molar-refractivity contribution in [2.24, 2.45) is 0 Å². The highest BCUT2D eigenvalue weighted by molar-refractivity contribution is 5.01. The summed E-state index contributed by atoms with van der Waals surface area (Å²) in [5.41, 5.74) is 1.06. The van der Waals surface area contributed by atoms with E-state index in [-0.39, 0.29) is 6.04 Å². The van der Waals surface area contributed by atoms with Gasteiger partial charge >= 0.3 is 0 Å². The normalized spacial score (nSPS) is 12.4. The number of imidazole rings is 1. The third-order valence-corrected chi connectivity index (χ3v) is 2.04. The smallest absolute Gasteiger partial charge is 0.106 e. The molecule has 1 aromatic rings. The Labute approximate surface area is 84.4 Å². The maximum atomic E-state index is 8.54. The second kappa shape index (κ2) is 5.40. The first-order valence-corrected chi connectivity index (χ1v) is 4.92. The van der Waals surface area contributed by atoms with Crippen molar-refractivity contribution in [1.29, 1.82) is 5.26 Å². The molecule has 4 heteroatoms. The van der Waals surface area contributed by atoms with Crippen molar-refractivity contribution in [2.45, 2.75) is 32.7 Å². The molecule has 0 bridgehead atoms. The third-order valence-electron chi connectivity index (χ3n) is 2.04. The average molecular weight is 192 g/mol. The first-order valence-electron chi connectivity index (χ1n) is 4.92. The summed E-state index contributed by atoms with van der Waals surface area (Å²) in [6.45, 7) is 4.71. The number of aryl methyl sites for hydroxylation is 1. The number of nitriles is 1. The fourth-order valence-corrected chi connectivity index (χ4v) is 1.18. The van der Waals surface area contributed by atoms with Crippen LogP contribution in [0.15, 0.2) is 6.20 Å². The molecule has 0 saturated heterocycles. The van der Waals surface area contributed by atoms with Crippen LogP contribution in [-0.2, 0) is 12.8 Å². The largest absolute Gasteiger partial charge is 0.348 e. The molecule has 0 aliphatic carbocycles. The van der Waals surface area contributed by atoms with E-state index in [1.807, 2.05) is 13.1 Å². The molecule has 0 aliphatic heterocycles. The minimum Gasteiger partial charge on any atom is -0.348 e. The van der Waals surface area contributed by atoms with Gasteiger partial charge in [-0.2, -0.15) is 5.26 Å². The Hall–Kier alpha value is -1.34. The van der Waals surface area contributed by atoms with Crippen LogP contribution in [0.3, 0.4) is 0 Å². The predicted octanol–water partition coefficient (Wildman–Crippen LogP) is 1.02. The standard InChI is InChI=1S/C10H16N4/c1-3-10-13-7-9(14-10)4-5-12-8(2)6-11/h7-8,12H,3-5H2,1-2H3,(H,13,14). The van der Waals surface area contributed by atoms with Gasteiger partial charge < -0.3 is 10.3 Å². The van der Waals surface area contributed by atoms with Gasteiger partial charge in [0.2, 0.25) is 0 Å². The van der Waals surface area contributed by atoms with E-state index in [9.17, 15) is 0 Å². The highest BCUT2D eigenvalue weighted by atomic mass is 14.9. The lowest BCUT2D eigenvalue weighted by molar-refractivity contribution is 0.636. The van der Waals surface area contributed by atoms with Crippen LogP contribution in [0.4, 0.5) is 0 Å². The second-order valence-electron chi connectivity index (χ2n) is 3.25. The molecule has 1 rings (SSSR count). The Kier molecular flexibility index (Phi) is 4.14. The van der Waals surface area contributed by atoms with Crippen molar-refractivity contribution in [3.63, 3.8) is 0 Å². The lowest BCUT2D eigenvalue weighted by atomic mass is 10.3. The van der Waals surface area contributed by atoms with Gasteiger partial charge in [-0.25, -0.2) is 4.98 Å². The van der Waals surface area contributed by atoms with Crippen molar-refractivity contribution < 1.29 is 0 Å². The third kappa shape index (κ3) is 3.19. The monoisotopic (exact) mass is 192 g/mol. The van der Waals surface area contributed by atoms with E-state index in [1.54, 1.807) is 0 Å². The van der Waals surface area contributed by atoms with Gasteiger partial charge in [-0.3, -0.25) is 0 Å². The molecule has 14 heavy (non-hydrogen) atoms. The van der Waals surface area contributed by atoms with Gasteiger partial charge in [0.1, 0.15) is 5.82 Å². The lowest BCUT2D eigenvalue weighted by Gasteiger charge is -2.03. The Bertz CT molecular complexity index is 310. The Morgan fingerprint density at radius 3 is 3.07 bits per heavy atom. The highest BCUT2D eigenvalue weighted by Crippen LogP contribution is 1.98. The van der Waals surface area contributed by atoms with E-state index in [2.05, 4.69) is 28.3 Å². The van der Waals surface area contributed by atoms with Gasteiger partial charge in [-0.15, -0.1) is 0 Å². The van der Waals surface area contributed by atoms with E-state index in [4.69, 9.17) is 5.26 Å². The topological polar surface area (TPSA) is 64.5 Å². The molecule has 0 aliphatic rings. The SMILES string of the molecule is CCc1nc(CCNC(C)C#N)c[nH]1. The van der Waals surface area contributed by atoms with E-state index in [0.29, 0.717) is 0 Å². The van der Waals surface area contributed by atoms with Crippen LogP contribution in [0.25, 0.3) is 0 Å². The summed E-state index contributed by atoms with van der Waals surface area (Å²) >= 11 is 0. The quantitative estimate of drug-likeness (QED) is 0.732. The molecule has 76 valence electrons. The lowest BCUT2D eigenvalue weighted by Crippen LogP contribution is -2.26. The molecule has 0 radical (unpaired) electrons. The molecule has 4 nitrogen and oxygen atoms in total. The van der Waals surface area contributed by atoms with Crippen LogP contribution in [0.1, 0.15) is 25.4 Å². The number of aromatic nitrogens is 2. The maximum absolute atomic E-state index is 8.54. The number of aromatic amines is 1. The zero-order chi connectivity index (χ0) is 10.4. The molecule has 1 aromatic heterocycles. The van der Waals surface area contributed by atoms with Crippen molar-refractivity contribution in [3.8, 4) is 6.07 Å². The fourth-order valence-electron chi connectivity index (χ4n) is 1.18. The van der Waals surface area contributed by atoms with E-state index in [0.717, 1.165) is 30.9 Å². The second-order valence-corrected chi connectivity index (χ2v) is 3.25. The van der Waals surface area contributed by atoms with Crippen LogP contribution >= 0.6 is 0 Å². The number of nitrogens with zero attached hydrogens (tertiary/aromatic N) is 2. The molecule has 0 amide bonds. The van der Waals surface area contributed by atoms with Crippen molar-refractivity contribution in [1.82, 2.24) is 15.3 Å². The molecule has 1 unspecified atom stereocenters. The van der Waals surface area contributed by atoms with Gasteiger partial charge in [0.25, 0.3) is 0 Å². The first-order chi connectivity index (χ1) is 6.76.